The quantitative estimate of drug-likeness (QED) is 0.687. The molecule has 0 saturated carbocycles. The second-order valence-corrected chi connectivity index (χ2v) is 8.18. The maximum absolute atomic E-state index is 12.2. The van der Waals surface area contributed by atoms with E-state index >= 15 is 0 Å². The van der Waals surface area contributed by atoms with Crippen LogP contribution >= 0.6 is 11.3 Å². The lowest BCUT2D eigenvalue weighted by molar-refractivity contribution is 0.0935. The van der Waals surface area contributed by atoms with E-state index in [9.17, 15) is 13.2 Å². The first-order chi connectivity index (χ1) is 12.0. The van der Waals surface area contributed by atoms with Gasteiger partial charge >= 0.3 is 0 Å². The first-order valence-corrected chi connectivity index (χ1v) is 9.82. The van der Waals surface area contributed by atoms with Crippen molar-refractivity contribution in [2.45, 2.75) is 17.2 Å². The molecule has 0 aliphatic carbocycles. The first-order valence-electron chi connectivity index (χ1n) is 7.46. The summed E-state index contributed by atoms with van der Waals surface area (Å²) in [5, 5.41) is 4.52. The largest absolute Gasteiger partial charge is 0.467 e. The Morgan fingerprint density at radius 1 is 1.12 bits per heavy atom. The van der Waals surface area contributed by atoms with Gasteiger partial charge in [0.15, 0.2) is 0 Å². The molecular formula is C17H16N2O4S2. The highest BCUT2D eigenvalue weighted by Crippen LogP contribution is 2.21. The Morgan fingerprint density at radius 2 is 1.88 bits per heavy atom. The molecule has 130 valence electrons. The molecular weight excluding hydrogens is 360 g/mol. The number of furan rings is 1. The van der Waals surface area contributed by atoms with Crippen LogP contribution in [0.4, 0.5) is 5.69 Å². The predicted molar refractivity (Wildman–Crippen MR) is 96.2 cm³/mol. The Labute approximate surface area is 149 Å². The van der Waals surface area contributed by atoms with E-state index in [1.165, 1.54) is 6.07 Å². The van der Waals surface area contributed by atoms with E-state index in [-0.39, 0.29) is 16.2 Å². The van der Waals surface area contributed by atoms with Gasteiger partial charge in [-0.3, -0.25) is 9.52 Å². The average molecular weight is 376 g/mol. The van der Waals surface area contributed by atoms with E-state index in [4.69, 9.17) is 4.42 Å². The molecule has 6 nitrogen and oxygen atoms in total. The zero-order valence-electron chi connectivity index (χ0n) is 13.3. The van der Waals surface area contributed by atoms with Crippen molar-refractivity contribution < 1.29 is 17.6 Å². The number of carbonyl (C=O) groups is 1. The minimum Gasteiger partial charge on any atom is -0.467 e. The molecule has 0 fully saturated rings. The number of sulfonamides is 1. The van der Waals surface area contributed by atoms with Crippen molar-refractivity contribution in [1.82, 2.24) is 5.32 Å². The number of nitrogens with one attached hydrogen (secondary N) is 2. The second-order valence-electron chi connectivity index (χ2n) is 5.33. The van der Waals surface area contributed by atoms with Gasteiger partial charge in [0.2, 0.25) is 0 Å². The first kappa shape index (κ1) is 17.2. The van der Waals surface area contributed by atoms with Crippen LogP contribution < -0.4 is 10.0 Å². The molecule has 8 heteroatoms. The fourth-order valence-corrected chi connectivity index (χ4v) is 4.25. The minimum absolute atomic E-state index is 0.238. The van der Waals surface area contributed by atoms with Crippen LogP contribution in [-0.4, -0.2) is 14.3 Å². The lowest BCUT2D eigenvalue weighted by Gasteiger charge is -2.12. The Bertz CT molecular complexity index is 931. The lowest BCUT2D eigenvalue weighted by atomic mass is 10.1. The Morgan fingerprint density at radius 3 is 2.48 bits per heavy atom. The molecule has 25 heavy (non-hydrogen) atoms. The van der Waals surface area contributed by atoms with Gasteiger partial charge in [0.05, 0.1) is 12.3 Å². The van der Waals surface area contributed by atoms with Crippen LogP contribution in [0.25, 0.3) is 0 Å². The molecule has 0 aliphatic rings. The van der Waals surface area contributed by atoms with Gasteiger partial charge in [0.25, 0.3) is 15.9 Å². The molecule has 0 bridgehead atoms. The SMILES string of the molecule is CC(NC(=O)c1ccc(NS(=O)(=O)c2cccs2)cc1)c1ccco1. The molecule has 2 N–H and O–H groups in total. The number of rotatable bonds is 6. The van der Waals surface area contributed by atoms with Crippen molar-refractivity contribution in [1.29, 1.82) is 0 Å². The smallest absolute Gasteiger partial charge is 0.271 e. The standard InChI is InChI=1S/C17H16N2O4S2/c1-12(15-4-2-10-23-15)18-17(20)13-6-8-14(9-7-13)19-25(21,22)16-5-3-11-24-16/h2-12,19H,1H3,(H,18,20). The maximum Gasteiger partial charge on any atom is 0.271 e. The number of benzene rings is 1. The minimum atomic E-state index is -3.60. The molecule has 1 amide bonds. The number of anilines is 1. The third kappa shape index (κ3) is 4.09. The van der Waals surface area contributed by atoms with Crippen molar-refractivity contribution in [2.24, 2.45) is 0 Å². The third-order valence-electron chi connectivity index (χ3n) is 3.48. The highest BCUT2D eigenvalue weighted by molar-refractivity contribution is 7.94. The van der Waals surface area contributed by atoms with Crippen LogP contribution in [0, 0.1) is 0 Å². The van der Waals surface area contributed by atoms with E-state index in [0.717, 1.165) is 11.3 Å². The summed E-state index contributed by atoms with van der Waals surface area (Å²) in [6, 6.07) is 12.7. The zero-order chi connectivity index (χ0) is 17.9. The summed E-state index contributed by atoms with van der Waals surface area (Å²) in [5.41, 5.74) is 0.821. The lowest BCUT2D eigenvalue weighted by Crippen LogP contribution is -2.26. The summed E-state index contributed by atoms with van der Waals surface area (Å²) in [6.45, 7) is 1.82. The summed E-state index contributed by atoms with van der Waals surface area (Å²) in [5.74, 6) is 0.394. The van der Waals surface area contributed by atoms with Gasteiger partial charge in [-0.05, 0) is 54.8 Å². The van der Waals surface area contributed by atoms with Crippen molar-refractivity contribution in [2.75, 3.05) is 4.72 Å². The monoisotopic (exact) mass is 376 g/mol. The van der Waals surface area contributed by atoms with Crippen LogP contribution in [0.5, 0.6) is 0 Å². The molecule has 3 rings (SSSR count). The highest BCUT2D eigenvalue weighted by atomic mass is 32.2. The van der Waals surface area contributed by atoms with Crippen molar-refractivity contribution in [3.8, 4) is 0 Å². The maximum atomic E-state index is 12.2. The van der Waals surface area contributed by atoms with Gasteiger partial charge in [-0.25, -0.2) is 8.42 Å². The van der Waals surface area contributed by atoms with Crippen molar-refractivity contribution in [3.63, 3.8) is 0 Å². The fourth-order valence-electron chi connectivity index (χ4n) is 2.20. The average Bonchev–Trinajstić information content (AvgIpc) is 3.29. The van der Waals surface area contributed by atoms with Crippen LogP contribution in [0.1, 0.15) is 29.1 Å². The van der Waals surface area contributed by atoms with Crippen LogP contribution in [-0.2, 0) is 10.0 Å². The van der Waals surface area contributed by atoms with E-state index in [0.29, 0.717) is 17.0 Å². The number of carbonyl (C=O) groups excluding carboxylic acids is 1. The number of thiophene rings is 1. The molecule has 2 heterocycles. The number of hydrogen-bond acceptors (Lipinski definition) is 5. The predicted octanol–water partition coefficient (Wildman–Crippen LogP) is 3.63. The summed E-state index contributed by atoms with van der Waals surface area (Å²) >= 11 is 1.14. The Hall–Kier alpha value is -2.58. The molecule has 0 radical (unpaired) electrons. The number of hydrogen-bond donors (Lipinski definition) is 2. The summed E-state index contributed by atoms with van der Waals surface area (Å²) < 4.78 is 32.3. The van der Waals surface area contributed by atoms with E-state index in [1.807, 2.05) is 6.92 Å². The zero-order valence-corrected chi connectivity index (χ0v) is 14.9. The summed E-state index contributed by atoms with van der Waals surface area (Å²) in [6.07, 6.45) is 1.55. The van der Waals surface area contributed by atoms with Crippen molar-refractivity contribution >= 4 is 33.0 Å². The molecule has 1 aromatic carbocycles. The molecule has 2 aromatic heterocycles. The normalized spacial score (nSPS) is 12.5. The molecule has 1 atom stereocenters. The fraction of sp³-hybridized carbons (Fsp3) is 0.118. The third-order valence-corrected chi connectivity index (χ3v) is 6.26. The van der Waals surface area contributed by atoms with Gasteiger partial charge in [-0.1, -0.05) is 6.07 Å². The van der Waals surface area contributed by atoms with Gasteiger partial charge in [0, 0.05) is 11.3 Å². The van der Waals surface area contributed by atoms with Gasteiger partial charge in [0.1, 0.15) is 9.97 Å². The Kier molecular flexibility index (Phi) is 4.91. The number of amides is 1. The van der Waals surface area contributed by atoms with Crippen LogP contribution in [0.2, 0.25) is 0 Å². The van der Waals surface area contributed by atoms with Gasteiger partial charge in [-0.15, -0.1) is 11.3 Å². The van der Waals surface area contributed by atoms with E-state index < -0.39 is 10.0 Å². The Balaban J connectivity index is 1.67. The molecule has 1 unspecified atom stereocenters. The van der Waals surface area contributed by atoms with E-state index in [1.54, 1.807) is 54.1 Å². The molecule has 0 spiro atoms. The topological polar surface area (TPSA) is 88.4 Å². The van der Waals surface area contributed by atoms with Crippen LogP contribution in [0.15, 0.2) is 68.8 Å². The van der Waals surface area contributed by atoms with Gasteiger partial charge in [-0.2, -0.15) is 0 Å². The van der Waals surface area contributed by atoms with Crippen molar-refractivity contribution in [3.05, 3.63) is 71.5 Å². The molecule has 0 aliphatic heterocycles. The van der Waals surface area contributed by atoms with Crippen LogP contribution in [0.3, 0.4) is 0 Å². The molecule has 3 aromatic rings. The highest BCUT2D eigenvalue weighted by Gasteiger charge is 2.16. The van der Waals surface area contributed by atoms with E-state index in [2.05, 4.69) is 10.0 Å². The second kappa shape index (κ2) is 7.12. The van der Waals surface area contributed by atoms with Gasteiger partial charge < -0.3 is 9.73 Å². The molecule has 0 saturated heterocycles. The summed E-state index contributed by atoms with van der Waals surface area (Å²) in [7, 11) is -3.60. The summed E-state index contributed by atoms with van der Waals surface area (Å²) in [4.78, 5) is 12.2.